The molecule has 4 nitrogen and oxygen atoms in total. The number of hydrogen-bond donors (Lipinski definition) is 2. The molecule has 0 aromatic carbocycles. The molecule has 1 rings (SSSR count). The summed E-state index contributed by atoms with van der Waals surface area (Å²) in [5, 5.41) is 20.0. The summed E-state index contributed by atoms with van der Waals surface area (Å²) < 4.78 is 0. The van der Waals surface area contributed by atoms with Crippen LogP contribution in [0.2, 0.25) is 5.15 Å². The predicted molar refractivity (Wildman–Crippen MR) is 56.4 cm³/mol. The monoisotopic (exact) mass is 215 g/mol. The minimum atomic E-state index is -0.165. The highest BCUT2D eigenvalue weighted by molar-refractivity contribution is 6.29. The van der Waals surface area contributed by atoms with Gasteiger partial charge in [0.05, 0.1) is 0 Å². The number of aromatic nitrogens is 2. The number of halogens is 1. The van der Waals surface area contributed by atoms with E-state index in [0.29, 0.717) is 17.5 Å². The van der Waals surface area contributed by atoms with Crippen molar-refractivity contribution in [2.45, 2.75) is 13.8 Å². The van der Waals surface area contributed by atoms with Crippen LogP contribution in [0.25, 0.3) is 0 Å². The van der Waals surface area contributed by atoms with Gasteiger partial charge in [0.15, 0.2) is 5.15 Å². The van der Waals surface area contributed by atoms with E-state index >= 15 is 0 Å². The summed E-state index contributed by atoms with van der Waals surface area (Å²) in [5.41, 5.74) is -0.165. The van der Waals surface area contributed by atoms with E-state index in [9.17, 15) is 0 Å². The summed E-state index contributed by atoms with van der Waals surface area (Å²) in [6.07, 6.45) is 0. The van der Waals surface area contributed by atoms with Crippen LogP contribution in [0, 0.1) is 5.41 Å². The van der Waals surface area contributed by atoms with E-state index in [1.54, 1.807) is 12.1 Å². The van der Waals surface area contributed by atoms with Crippen LogP contribution in [0.15, 0.2) is 12.1 Å². The van der Waals surface area contributed by atoms with Gasteiger partial charge < -0.3 is 10.4 Å². The van der Waals surface area contributed by atoms with Crippen molar-refractivity contribution in [3.8, 4) is 0 Å². The average Bonchev–Trinajstić information content (AvgIpc) is 2.17. The second kappa shape index (κ2) is 4.57. The Balaban J connectivity index is 2.50. The first-order chi connectivity index (χ1) is 6.53. The fraction of sp³-hybridized carbons (Fsp3) is 0.556. The van der Waals surface area contributed by atoms with Gasteiger partial charge in [0.2, 0.25) is 0 Å². The Morgan fingerprint density at radius 1 is 1.43 bits per heavy atom. The Bertz CT molecular complexity index is 287. The molecular formula is C9H14ClN3O. The van der Waals surface area contributed by atoms with Gasteiger partial charge in [-0.2, -0.15) is 0 Å². The second-order valence-electron chi connectivity index (χ2n) is 3.92. The lowest BCUT2D eigenvalue weighted by molar-refractivity contribution is 0.170. The first-order valence-electron chi connectivity index (χ1n) is 4.37. The third kappa shape index (κ3) is 3.47. The molecule has 0 aliphatic rings. The van der Waals surface area contributed by atoms with E-state index < -0.39 is 0 Å². The maximum atomic E-state index is 9.02. The summed E-state index contributed by atoms with van der Waals surface area (Å²) in [6.45, 7) is 4.69. The first kappa shape index (κ1) is 11.2. The molecule has 2 N–H and O–H groups in total. The van der Waals surface area contributed by atoms with E-state index in [4.69, 9.17) is 16.7 Å². The molecule has 0 saturated heterocycles. The van der Waals surface area contributed by atoms with Crippen molar-refractivity contribution < 1.29 is 5.11 Å². The van der Waals surface area contributed by atoms with Crippen LogP contribution in [0.1, 0.15) is 13.8 Å². The number of rotatable bonds is 4. The largest absolute Gasteiger partial charge is 0.396 e. The maximum Gasteiger partial charge on any atom is 0.151 e. The number of anilines is 1. The summed E-state index contributed by atoms with van der Waals surface area (Å²) in [4.78, 5) is 0. The molecule has 0 atom stereocenters. The van der Waals surface area contributed by atoms with Gasteiger partial charge in [-0.3, -0.25) is 0 Å². The van der Waals surface area contributed by atoms with Crippen LogP contribution in [0.3, 0.4) is 0 Å². The number of aliphatic hydroxyl groups is 1. The topological polar surface area (TPSA) is 58.0 Å². The molecular weight excluding hydrogens is 202 g/mol. The zero-order valence-corrected chi connectivity index (χ0v) is 9.04. The molecule has 78 valence electrons. The van der Waals surface area contributed by atoms with Crippen molar-refractivity contribution >= 4 is 17.4 Å². The van der Waals surface area contributed by atoms with E-state index in [2.05, 4.69) is 15.5 Å². The summed E-state index contributed by atoms with van der Waals surface area (Å²) >= 11 is 5.59. The minimum Gasteiger partial charge on any atom is -0.396 e. The summed E-state index contributed by atoms with van der Waals surface area (Å²) in [7, 11) is 0. The predicted octanol–water partition coefficient (Wildman–Crippen LogP) is 1.56. The molecule has 0 spiro atoms. The van der Waals surface area contributed by atoms with Gasteiger partial charge in [-0.1, -0.05) is 25.4 Å². The highest BCUT2D eigenvalue weighted by Crippen LogP contribution is 2.14. The quantitative estimate of drug-likeness (QED) is 0.801. The molecule has 0 unspecified atom stereocenters. The van der Waals surface area contributed by atoms with Crippen molar-refractivity contribution in [3.63, 3.8) is 0 Å². The van der Waals surface area contributed by atoms with E-state index in [1.165, 1.54) is 0 Å². The molecule has 0 aliphatic carbocycles. The number of nitrogens with zero attached hydrogens (tertiary/aromatic N) is 2. The Morgan fingerprint density at radius 2 is 2.14 bits per heavy atom. The molecule has 1 aromatic rings. The van der Waals surface area contributed by atoms with E-state index in [-0.39, 0.29) is 12.0 Å². The molecule has 5 heteroatoms. The van der Waals surface area contributed by atoms with Crippen LogP contribution in [-0.4, -0.2) is 28.5 Å². The van der Waals surface area contributed by atoms with Crippen LogP contribution in [-0.2, 0) is 0 Å². The standard InChI is InChI=1S/C9H14ClN3O/c1-9(2,6-14)5-11-8-4-3-7(10)12-13-8/h3-4,14H,5-6H2,1-2H3,(H,11,13). The summed E-state index contributed by atoms with van der Waals surface area (Å²) in [5.74, 6) is 0.663. The highest BCUT2D eigenvalue weighted by Gasteiger charge is 2.15. The van der Waals surface area contributed by atoms with Gasteiger partial charge in [0.1, 0.15) is 5.82 Å². The molecule has 0 amide bonds. The Morgan fingerprint density at radius 3 is 2.64 bits per heavy atom. The fourth-order valence-electron chi connectivity index (χ4n) is 0.796. The third-order valence-corrected chi connectivity index (χ3v) is 2.01. The highest BCUT2D eigenvalue weighted by atomic mass is 35.5. The van der Waals surface area contributed by atoms with Gasteiger partial charge in [-0.15, -0.1) is 10.2 Å². The second-order valence-corrected chi connectivity index (χ2v) is 4.30. The van der Waals surface area contributed by atoms with Crippen molar-refractivity contribution in [2.24, 2.45) is 5.41 Å². The normalized spacial score (nSPS) is 11.4. The lowest BCUT2D eigenvalue weighted by atomic mass is 9.95. The zero-order valence-electron chi connectivity index (χ0n) is 8.29. The lowest BCUT2D eigenvalue weighted by Crippen LogP contribution is -2.27. The molecule has 0 aliphatic heterocycles. The van der Waals surface area contributed by atoms with Crippen LogP contribution >= 0.6 is 11.6 Å². The molecule has 1 aromatic heterocycles. The molecule has 0 bridgehead atoms. The van der Waals surface area contributed by atoms with Crippen molar-refractivity contribution in [3.05, 3.63) is 17.3 Å². The number of nitrogens with one attached hydrogen (secondary N) is 1. The fourth-order valence-corrected chi connectivity index (χ4v) is 0.897. The maximum absolute atomic E-state index is 9.02. The third-order valence-electron chi connectivity index (χ3n) is 1.81. The van der Waals surface area contributed by atoms with E-state index in [1.807, 2.05) is 13.8 Å². The molecule has 0 saturated carbocycles. The van der Waals surface area contributed by atoms with Gasteiger partial charge >= 0.3 is 0 Å². The SMILES string of the molecule is CC(C)(CO)CNc1ccc(Cl)nn1. The molecule has 1 heterocycles. The summed E-state index contributed by atoms with van der Waals surface area (Å²) in [6, 6.07) is 3.42. The number of aliphatic hydroxyl groups excluding tert-OH is 1. The van der Waals surface area contributed by atoms with Crippen LogP contribution in [0.5, 0.6) is 0 Å². The average molecular weight is 216 g/mol. The van der Waals surface area contributed by atoms with Gasteiger partial charge in [0, 0.05) is 18.6 Å². The van der Waals surface area contributed by atoms with Crippen molar-refractivity contribution in [1.82, 2.24) is 10.2 Å². The smallest absolute Gasteiger partial charge is 0.151 e. The molecule has 0 fully saturated rings. The minimum absolute atomic E-state index is 0.126. The molecule has 14 heavy (non-hydrogen) atoms. The molecule has 0 radical (unpaired) electrons. The van der Waals surface area contributed by atoms with Gasteiger partial charge in [0.25, 0.3) is 0 Å². The lowest BCUT2D eigenvalue weighted by Gasteiger charge is -2.21. The van der Waals surface area contributed by atoms with Gasteiger partial charge in [-0.05, 0) is 12.1 Å². The Labute approximate surface area is 88.3 Å². The Kier molecular flexibility index (Phi) is 3.66. The Hall–Kier alpha value is -0.870. The number of hydrogen-bond acceptors (Lipinski definition) is 4. The van der Waals surface area contributed by atoms with Crippen molar-refractivity contribution in [2.75, 3.05) is 18.5 Å². The van der Waals surface area contributed by atoms with Crippen LogP contribution in [0.4, 0.5) is 5.82 Å². The first-order valence-corrected chi connectivity index (χ1v) is 4.75. The zero-order chi connectivity index (χ0) is 10.6. The van der Waals surface area contributed by atoms with Crippen molar-refractivity contribution in [1.29, 1.82) is 0 Å². The van der Waals surface area contributed by atoms with Gasteiger partial charge in [-0.25, -0.2) is 0 Å². The van der Waals surface area contributed by atoms with Crippen LogP contribution < -0.4 is 5.32 Å². The van der Waals surface area contributed by atoms with E-state index in [0.717, 1.165) is 0 Å².